The summed E-state index contributed by atoms with van der Waals surface area (Å²) in [7, 11) is 0. The fraction of sp³-hybridized carbons (Fsp3) is 0.344. The number of ether oxygens (including phenoxy) is 2. The van der Waals surface area contributed by atoms with Gasteiger partial charge in [0.25, 0.3) is 11.4 Å². The molecule has 242 valence electrons. The molecule has 1 saturated heterocycles. The summed E-state index contributed by atoms with van der Waals surface area (Å²) in [5, 5.41) is 21.6. The summed E-state index contributed by atoms with van der Waals surface area (Å²) in [6.45, 7) is 5.72. The van der Waals surface area contributed by atoms with E-state index in [0.29, 0.717) is 24.1 Å². The molecule has 0 N–H and O–H groups in total. The summed E-state index contributed by atoms with van der Waals surface area (Å²) < 4.78 is 11.0. The number of likely N-dealkylation sites (tertiary alicyclic amines) is 1. The Morgan fingerprint density at radius 2 is 1.35 bits per heavy atom. The maximum Gasteiger partial charge on any atom is 0.410 e. The molecule has 1 aliphatic heterocycles. The third-order valence-electron chi connectivity index (χ3n) is 7.42. The van der Waals surface area contributed by atoms with E-state index in [2.05, 4.69) is 0 Å². The molecule has 1 heterocycles. The van der Waals surface area contributed by atoms with Crippen LogP contribution in [0, 0.1) is 20.2 Å². The molecule has 2 atom stereocenters. The molecule has 0 saturated carbocycles. The average Bonchev–Trinajstić information content (AvgIpc) is 3.45. The Bertz CT molecular complexity index is 1560. The first-order chi connectivity index (χ1) is 21.9. The second kappa shape index (κ2) is 15.3. The molecule has 2 amide bonds. The Kier molecular flexibility index (Phi) is 11.3. The highest BCUT2D eigenvalue weighted by Gasteiger charge is 2.38. The number of thioether (sulfide) groups is 1. The average molecular weight is 651 g/mol. The molecule has 14 heteroatoms. The van der Waals surface area contributed by atoms with Crippen LogP contribution in [-0.2, 0) is 34.0 Å². The van der Waals surface area contributed by atoms with Gasteiger partial charge >= 0.3 is 12.2 Å². The van der Waals surface area contributed by atoms with E-state index in [-0.39, 0.29) is 53.6 Å². The molecule has 3 aromatic rings. The number of carbonyl (C=O) groups excluding carboxylic acids is 3. The Morgan fingerprint density at radius 1 is 0.848 bits per heavy atom. The van der Waals surface area contributed by atoms with Gasteiger partial charge in [0.2, 0.25) is 0 Å². The Hall–Kier alpha value is -4.98. The van der Waals surface area contributed by atoms with Gasteiger partial charge in [-0.15, -0.1) is 0 Å². The highest BCUT2D eigenvalue weighted by Crippen LogP contribution is 2.38. The van der Waals surface area contributed by atoms with Crippen LogP contribution in [-0.4, -0.2) is 54.8 Å². The first-order valence-corrected chi connectivity index (χ1v) is 15.4. The standard InChI is InChI=1S/C32H34N4O9S/c1-21(2)33(31(38)44-19-24-6-12-27(13-7-24)35(40)41)17-23-4-10-26(11-5-23)30-16-29(46-22(3)37)18-34(30)32(39)45-20-25-8-14-28(15-9-25)36(42)43/h4-15,21,29-30H,16-20H2,1-3H3/t29-,30+/m0/s1. The minimum atomic E-state index is -0.555. The third kappa shape index (κ3) is 9.03. The topological polar surface area (TPSA) is 162 Å². The van der Waals surface area contributed by atoms with Crippen LogP contribution >= 0.6 is 11.8 Å². The van der Waals surface area contributed by atoms with Crippen molar-refractivity contribution in [2.24, 2.45) is 0 Å². The quantitative estimate of drug-likeness (QED) is 0.160. The monoisotopic (exact) mass is 650 g/mol. The molecule has 46 heavy (non-hydrogen) atoms. The summed E-state index contributed by atoms with van der Waals surface area (Å²) in [6.07, 6.45) is -0.538. The minimum Gasteiger partial charge on any atom is -0.445 e. The van der Waals surface area contributed by atoms with E-state index in [9.17, 15) is 34.6 Å². The SMILES string of the molecule is CC(=O)S[C@H]1C[C@H](c2ccc(CN(C(=O)OCc3ccc([N+](=O)[O-])cc3)C(C)C)cc2)N(C(=O)OCc2ccc([N+](=O)[O-])cc2)C1. The van der Waals surface area contributed by atoms with Crippen molar-refractivity contribution in [3.8, 4) is 0 Å². The number of rotatable bonds is 11. The van der Waals surface area contributed by atoms with Crippen LogP contribution in [0.4, 0.5) is 21.0 Å². The fourth-order valence-electron chi connectivity index (χ4n) is 5.02. The molecule has 13 nitrogen and oxygen atoms in total. The van der Waals surface area contributed by atoms with Gasteiger partial charge in [0.15, 0.2) is 5.12 Å². The Balaban J connectivity index is 1.40. The van der Waals surface area contributed by atoms with Gasteiger partial charge in [-0.2, -0.15) is 0 Å². The molecule has 0 unspecified atom stereocenters. The number of benzene rings is 3. The molecule has 1 aliphatic rings. The van der Waals surface area contributed by atoms with Gasteiger partial charge in [-0.1, -0.05) is 36.0 Å². The molecule has 0 spiro atoms. The minimum absolute atomic E-state index is 0.0315. The summed E-state index contributed by atoms with van der Waals surface area (Å²) in [5.41, 5.74) is 2.81. The molecule has 0 aromatic heterocycles. The lowest BCUT2D eigenvalue weighted by Crippen LogP contribution is -2.36. The number of nitrogens with zero attached hydrogens (tertiary/aromatic N) is 4. The van der Waals surface area contributed by atoms with Crippen molar-refractivity contribution in [1.82, 2.24) is 9.80 Å². The fourth-order valence-corrected chi connectivity index (χ4v) is 6.00. The van der Waals surface area contributed by atoms with Gasteiger partial charge in [0.05, 0.1) is 15.9 Å². The van der Waals surface area contributed by atoms with Gasteiger partial charge < -0.3 is 19.3 Å². The summed E-state index contributed by atoms with van der Waals surface area (Å²) in [4.78, 5) is 61.9. The van der Waals surface area contributed by atoms with Crippen molar-refractivity contribution in [1.29, 1.82) is 0 Å². The van der Waals surface area contributed by atoms with Crippen molar-refractivity contribution in [2.75, 3.05) is 6.54 Å². The van der Waals surface area contributed by atoms with Crippen molar-refractivity contribution in [2.45, 2.75) is 64.3 Å². The van der Waals surface area contributed by atoms with Gasteiger partial charge in [0.1, 0.15) is 13.2 Å². The molecular formula is C32H34N4O9S. The van der Waals surface area contributed by atoms with Crippen LogP contribution < -0.4 is 0 Å². The largest absolute Gasteiger partial charge is 0.445 e. The van der Waals surface area contributed by atoms with Crippen molar-refractivity contribution in [3.05, 3.63) is 115 Å². The van der Waals surface area contributed by atoms with Crippen LogP contribution in [0.15, 0.2) is 72.8 Å². The third-order valence-corrected chi connectivity index (χ3v) is 8.43. The van der Waals surface area contributed by atoms with E-state index in [4.69, 9.17) is 9.47 Å². The summed E-state index contributed by atoms with van der Waals surface area (Å²) >= 11 is 1.18. The van der Waals surface area contributed by atoms with E-state index in [1.54, 1.807) is 21.9 Å². The predicted octanol–water partition coefficient (Wildman–Crippen LogP) is 6.78. The van der Waals surface area contributed by atoms with Gasteiger partial charge in [0, 0.05) is 55.6 Å². The molecule has 0 radical (unpaired) electrons. The number of carbonyl (C=O) groups is 3. The van der Waals surface area contributed by atoms with Crippen LogP contribution in [0.25, 0.3) is 0 Å². The zero-order chi connectivity index (χ0) is 33.4. The number of amides is 2. The molecule has 1 fully saturated rings. The normalized spacial score (nSPS) is 15.8. The van der Waals surface area contributed by atoms with Gasteiger partial charge in [-0.25, -0.2) is 9.59 Å². The number of hydrogen-bond donors (Lipinski definition) is 0. The van der Waals surface area contributed by atoms with Crippen molar-refractivity contribution in [3.63, 3.8) is 0 Å². The highest BCUT2D eigenvalue weighted by molar-refractivity contribution is 8.14. The zero-order valence-corrected chi connectivity index (χ0v) is 26.4. The van der Waals surface area contributed by atoms with E-state index in [1.807, 2.05) is 38.1 Å². The number of non-ortho nitro benzene ring substituents is 2. The van der Waals surface area contributed by atoms with E-state index in [1.165, 1.54) is 55.1 Å². The molecule has 3 aromatic carbocycles. The molecule has 0 bridgehead atoms. The lowest BCUT2D eigenvalue weighted by atomic mass is 10.0. The lowest BCUT2D eigenvalue weighted by Gasteiger charge is -2.27. The summed E-state index contributed by atoms with van der Waals surface area (Å²) in [6, 6.07) is 18.6. The number of nitro groups is 2. The first kappa shape index (κ1) is 33.9. The van der Waals surface area contributed by atoms with E-state index >= 15 is 0 Å². The maximum atomic E-state index is 13.2. The van der Waals surface area contributed by atoms with Crippen LogP contribution in [0.2, 0.25) is 0 Å². The van der Waals surface area contributed by atoms with Crippen LogP contribution in [0.3, 0.4) is 0 Å². The predicted molar refractivity (Wildman–Crippen MR) is 170 cm³/mol. The molecular weight excluding hydrogens is 616 g/mol. The lowest BCUT2D eigenvalue weighted by molar-refractivity contribution is -0.385. The van der Waals surface area contributed by atoms with Crippen LogP contribution in [0.1, 0.15) is 55.5 Å². The first-order valence-electron chi connectivity index (χ1n) is 14.5. The number of nitro benzene ring substituents is 2. The maximum absolute atomic E-state index is 13.2. The Labute approximate surface area is 269 Å². The van der Waals surface area contributed by atoms with Gasteiger partial charge in [-0.05, 0) is 66.8 Å². The van der Waals surface area contributed by atoms with Gasteiger partial charge in [-0.3, -0.25) is 25.0 Å². The smallest absolute Gasteiger partial charge is 0.410 e. The Morgan fingerprint density at radius 3 is 1.83 bits per heavy atom. The second-order valence-corrected chi connectivity index (χ2v) is 12.5. The van der Waals surface area contributed by atoms with E-state index in [0.717, 1.165) is 11.1 Å². The van der Waals surface area contributed by atoms with Crippen molar-refractivity contribution >= 4 is 40.4 Å². The second-order valence-electron chi connectivity index (χ2n) is 11.1. The molecule has 4 rings (SSSR count). The zero-order valence-electron chi connectivity index (χ0n) is 25.6. The van der Waals surface area contributed by atoms with Crippen molar-refractivity contribution < 1.29 is 33.7 Å². The summed E-state index contributed by atoms with van der Waals surface area (Å²) in [5.74, 6) is 0. The van der Waals surface area contributed by atoms with E-state index < -0.39 is 22.0 Å². The number of hydrogen-bond acceptors (Lipinski definition) is 10. The van der Waals surface area contributed by atoms with Crippen LogP contribution in [0.5, 0.6) is 0 Å². The highest BCUT2D eigenvalue weighted by atomic mass is 32.2. The molecule has 0 aliphatic carbocycles.